The van der Waals surface area contributed by atoms with Crippen LogP contribution in [0.2, 0.25) is 0 Å². The van der Waals surface area contributed by atoms with Crippen LogP contribution < -0.4 is 0 Å². The van der Waals surface area contributed by atoms with Crippen LogP contribution in [0, 0.1) is 0 Å². The molecule has 0 aromatic heterocycles. The highest BCUT2D eigenvalue weighted by molar-refractivity contribution is 5.71. The van der Waals surface area contributed by atoms with E-state index in [1.165, 1.54) is 122 Å². The Morgan fingerprint density at radius 1 is 0.328 bits per heavy atom. The zero-order valence-corrected chi connectivity index (χ0v) is 42.0. The van der Waals surface area contributed by atoms with Gasteiger partial charge in [-0.15, -0.1) is 0 Å². The lowest BCUT2D eigenvalue weighted by molar-refractivity contribution is -0.167. The normalized spacial score (nSPS) is 12.6. The van der Waals surface area contributed by atoms with E-state index in [9.17, 15) is 14.4 Å². The van der Waals surface area contributed by atoms with Gasteiger partial charge in [-0.05, 0) is 109 Å². The highest BCUT2D eigenvalue weighted by Crippen LogP contribution is 2.14. The smallest absolute Gasteiger partial charge is 0.306 e. The first-order chi connectivity index (χ1) is 31.5. The predicted molar refractivity (Wildman–Crippen MR) is 274 cm³/mol. The molecule has 0 aliphatic heterocycles. The van der Waals surface area contributed by atoms with Gasteiger partial charge in [0.05, 0.1) is 0 Å². The number of hydrogen-bond acceptors (Lipinski definition) is 6. The van der Waals surface area contributed by atoms with E-state index in [4.69, 9.17) is 14.2 Å². The molecule has 0 radical (unpaired) electrons. The van der Waals surface area contributed by atoms with Crippen LogP contribution in [0.5, 0.6) is 0 Å². The van der Waals surface area contributed by atoms with E-state index in [0.29, 0.717) is 19.3 Å². The summed E-state index contributed by atoms with van der Waals surface area (Å²) in [7, 11) is 0. The minimum Gasteiger partial charge on any atom is -0.462 e. The highest BCUT2D eigenvalue weighted by atomic mass is 16.6. The molecule has 0 saturated heterocycles. The molecular formula is C58H100O6. The van der Waals surface area contributed by atoms with Crippen molar-refractivity contribution in [1.29, 1.82) is 0 Å². The Morgan fingerprint density at radius 3 is 1.02 bits per heavy atom. The van der Waals surface area contributed by atoms with E-state index in [2.05, 4.69) is 93.7 Å². The van der Waals surface area contributed by atoms with Crippen molar-refractivity contribution in [2.24, 2.45) is 0 Å². The van der Waals surface area contributed by atoms with Crippen molar-refractivity contribution in [3.8, 4) is 0 Å². The van der Waals surface area contributed by atoms with E-state index in [1.54, 1.807) is 0 Å². The van der Waals surface area contributed by atoms with Crippen LogP contribution in [-0.4, -0.2) is 37.2 Å². The van der Waals surface area contributed by atoms with Crippen molar-refractivity contribution in [2.75, 3.05) is 13.2 Å². The Kier molecular flexibility index (Phi) is 49.9. The molecular weight excluding hydrogens is 793 g/mol. The Balaban J connectivity index is 4.35. The van der Waals surface area contributed by atoms with Gasteiger partial charge in [0.15, 0.2) is 6.10 Å². The summed E-state index contributed by atoms with van der Waals surface area (Å²) >= 11 is 0. The van der Waals surface area contributed by atoms with Crippen LogP contribution in [0.15, 0.2) is 72.9 Å². The Morgan fingerprint density at radius 2 is 0.609 bits per heavy atom. The molecule has 0 aliphatic carbocycles. The maximum Gasteiger partial charge on any atom is 0.306 e. The average Bonchev–Trinajstić information content (AvgIpc) is 3.29. The summed E-state index contributed by atoms with van der Waals surface area (Å²) in [5.41, 5.74) is 0. The molecule has 6 nitrogen and oxygen atoms in total. The minimum absolute atomic E-state index is 0.0921. The second-order valence-electron chi connectivity index (χ2n) is 17.7. The van der Waals surface area contributed by atoms with Crippen LogP contribution in [0.1, 0.15) is 258 Å². The molecule has 6 heteroatoms. The quantitative estimate of drug-likeness (QED) is 0.0262. The molecule has 0 aromatic rings. The van der Waals surface area contributed by atoms with Crippen LogP contribution in [0.4, 0.5) is 0 Å². The van der Waals surface area contributed by atoms with Gasteiger partial charge >= 0.3 is 17.9 Å². The molecule has 0 bridgehead atoms. The number of ether oxygens (including phenoxy) is 3. The third kappa shape index (κ3) is 49.9. The lowest BCUT2D eigenvalue weighted by atomic mass is 10.1. The molecule has 0 fully saturated rings. The first-order valence-electron chi connectivity index (χ1n) is 26.9. The molecule has 0 saturated carbocycles. The van der Waals surface area contributed by atoms with Crippen LogP contribution in [-0.2, 0) is 28.6 Å². The van der Waals surface area contributed by atoms with E-state index < -0.39 is 6.10 Å². The lowest BCUT2D eigenvalue weighted by Gasteiger charge is -2.18. The van der Waals surface area contributed by atoms with Gasteiger partial charge in [-0.1, -0.05) is 203 Å². The molecule has 64 heavy (non-hydrogen) atoms. The molecule has 0 aromatic carbocycles. The van der Waals surface area contributed by atoms with Crippen molar-refractivity contribution in [2.45, 2.75) is 264 Å². The molecule has 1 atom stereocenters. The van der Waals surface area contributed by atoms with Gasteiger partial charge in [-0.25, -0.2) is 0 Å². The van der Waals surface area contributed by atoms with Crippen LogP contribution in [0.25, 0.3) is 0 Å². The minimum atomic E-state index is -0.795. The van der Waals surface area contributed by atoms with Crippen molar-refractivity contribution in [1.82, 2.24) is 0 Å². The molecule has 0 amide bonds. The van der Waals surface area contributed by atoms with E-state index in [1.807, 2.05) is 0 Å². The van der Waals surface area contributed by atoms with Gasteiger partial charge in [0, 0.05) is 19.3 Å². The number of unbranched alkanes of at least 4 members (excludes halogenated alkanes) is 25. The summed E-state index contributed by atoms with van der Waals surface area (Å²) < 4.78 is 16.8. The average molecular weight is 893 g/mol. The monoisotopic (exact) mass is 893 g/mol. The van der Waals surface area contributed by atoms with Gasteiger partial charge in [0.25, 0.3) is 0 Å². The summed E-state index contributed by atoms with van der Waals surface area (Å²) in [6.07, 6.45) is 66.1. The summed E-state index contributed by atoms with van der Waals surface area (Å²) in [4.78, 5) is 38.0. The first kappa shape index (κ1) is 60.9. The van der Waals surface area contributed by atoms with Crippen LogP contribution >= 0.6 is 0 Å². The van der Waals surface area contributed by atoms with Gasteiger partial charge in [0.2, 0.25) is 0 Å². The fraction of sp³-hybridized carbons (Fsp3) is 0.741. The number of hydrogen-bond donors (Lipinski definition) is 0. The van der Waals surface area contributed by atoms with E-state index in [0.717, 1.165) is 96.3 Å². The van der Waals surface area contributed by atoms with Gasteiger partial charge < -0.3 is 14.2 Å². The van der Waals surface area contributed by atoms with Crippen LogP contribution in [0.3, 0.4) is 0 Å². The lowest BCUT2D eigenvalue weighted by Crippen LogP contribution is -2.30. The second kappa shape index (κ2) is 52.5. The largest absolute Gasteiger partial charge is 0.462 e. The third-order valence-electron chi connectivity index (χ3n) is 11.4. The number of esters is 3. The predicted octanol–water partition coefficient (Wildman–Crippen LogP) is 17.8. The van der Waals surface area contributed by atoms with Crippen molar-refractivity contribution >= 4 is 17.9 Å². The number of allylic oxidation sites excluding steroid dienone is 12. The molecule has 0 spiro atoms. The summed E-state index contributed by atoms with van der Waals surface area (Å²) in [5.74, 6) is -0.933. The first-order valence-corrected chi connectivity index (χ1v) is 26.9. The number of carbonyl (C=O) groups is 3. The molecule has 0 heterocycles. The zero-order chi connectivity index (χ0) is 46.5. The van der Waals surface area contributed by atoms with Gasteiger partial charge in [0.1, 0.15) is 13.2 Å². The third-order valence-corrected chi connectivity index (χ3v) is 11.4. The molecule has 0 aliphatic rings. The molecule has 0 N–H and O–H groups in total. The summed E-state index contributed by atoms with van der Waals surface area (Å²) in [6.45, 7) is 6.46. The summed E-state index contributed by atoms with van der Waals surface area (Å²) in [6, 6.07) is 0. The SMILES string of the molecule is CC/C=C\C/C=C\C/C=C\CCCCCC(=O)OC(COC(=O)CCCCCCC/C=C\CCCCC)COC(=O)CCCCCCCCCCC/C=C\C/C=C\CCCCCCC. The Hall–Kier alpha value is -3.15. The maximum atomic E-state index is 12.8. The van der Waals surface area contributed by atoms with Gasteiger partial charge in [-0.3, -0.25) is 14.4 Å². The highest BCUT2D eigenvalue weighted by Gasteiger charge is 2.19. The second-order valence-corrected chi connectivity index (χ2v) is 17.7. The fourth-order valence-electron chi connectivity index (χ4n) is 7.36. The number of rotatable bonds is 48. The van der Waals surface area contributed by atoms with E-state index >= 15 is 0 Å². The Bertz CT molecular complexity index is 1210. The van der Waals surface area contributed by atoms with Crippen molar-refractivity contribution in [3.63, 3.8) is 0 Å². The van der Waals surface area contributed by atoms with Crippen molar-refractivity contribution < 1.29 is 28.6 Å². The summed E-state index contributed by atoms with van der Waals surface area (Å²) in [5, 5.41) is 0. The van der Waals surface area contributed by atoms with E-state index in [-0.39, 0.29) is 31.1 Å². The number of carbonyl (C=O) groups excluding carboxylic acids is 3. The fourth-order valence-corrected chi connectivity index (χ4v) is 7.36. The topological polar surface area (TPSA) is 78.9 Å². The molecule has 0 rings (SSSR count). The zero-order valence-electron chi connectivity index (χ0n) is 42.0. The maximum absolute atomic E-state index is 12.8. The standard InChI is InChI=1S/C58H100O6/c1-4-7-10-13-16-19-22-25-26-27-28-29-30-31-32-34-36-39-42-45-48-51-57(60)63-54-55(53-62-56(59)50-47-44-41-38-35-24-21-18-15-12-9-6-3)64-58(61)52-49-46-43-40-37-33-23-20-17-14-11-8-5-2/h8,11,17-18,20-22,25,27-28,33,37,55H,4-7,9-10,12-16,19,23-24,26,29-32,34-36,38-54H2,1-3H3/b11-8-,20-17-,21-18-,25-22-,28-27-,37-33-. The van der Waals surface area contributed by atoms with Gasteiger partial charge in [-0.2, -0.15) is 0 Å². The molecule has 1 unspecified atom stereocenters. The Labute approximate surface area is 395 Å². The van der Waals surface area contributed by atoms with Crippen molar-refractivity contribution in [3.05, 3.63) is 72.9 Å². The molecule has 368 valence electrons.